The Morgan fingerprint density at radius 3 is 2.52 bits per heavy atom. The molecule has 1 amide bonds. The Balaban J connectivity index is 1.77. The van der Waals surface area contributed by atoms with E-state index in [1.807, 2.05) is 50.2 Å². The van der Waals surface area contributed by atoms with Crippen molar-refractivity contribution in [3.05, 3.63) is 82.6 Å². The fourth-order valence-electron chi connectivity index (χ4n) is 2.37. The van der Waals surface area contributed by atoms with E-state index in [4.69, 9.17) is 11.6 Å². The van der Waals surface area contributed by atoms with Crippen LogP contribution in [0.1, 0.15) is 21.5 Å². The van der Waals surface area contributed by atoms with Crippen LogP contribution >= 0.6 is 11.6 Å². The van der Waals surface area contributed by atoms with Crippen molar-refractivity contribution in [2.24, 2.45) is 0 Å². The minimum absolute atomic E-state index is 0.235. The summed E-state index contributed by atoms with van der Waals surface area (Å²) in [5.41, 5.74) is 4.93. The molecule has 126 valence electrons. The van der Waals surface area contributed by atoms with Crippen LogP contribution in [0.3, 0.4) is 0 Å². The van der Waals surface area contributed by atoms with Crippen molar-refractivity contribution < 1.29 is 4.79 Å². The van der Waals surface area contributed by atoms with E-state index >= 15 is 0 Å². The largest absolute Gasteiger partial charge is 0.354 e. The highest BCUT2D eigenvalue weighted by atomic mass is 35.5. The molecule has 0 aliphatic carbocycles. The van der Waals surface area contributed by atoms with E-state index in [1.54, 1.807) is 18.3 Å². The summed E-state index contributed by atoms with van der Waals surface area (Å²) < 4.78 is 0. The zero-order valence-corrected chi connectivity index (χ0v) is 14.8. The van der Waals surface area contributed by atoms with E-state index in [9.17, 15) is 4.79 Å². The SMILES string of the molecule is Cc1ccc(NC(=O)c2cncc(Nc3ccccc3C)c2)cc1Cl. The molecule has 1 heterocycles. The van der Waals surface area contributed by atoms with Gasteiger partial charge >= 0.3 is 0 Å². The summed E-state index contributed by atoms with van der Waals surface area (Å²) in [6.45, 7) is 3.94. The van der Waals surface area contributed by atoms with Gasteiger partial charge in [0.15, 0.2) is 0 Å². The van der Waals surface area contributed by atoms with Crippen molar-refractivity contribution in [3.63, 3.8) is 0 Å². The zero-order valence-electron chi connectivity index (χ0n) is 14.0. The van der Waals surface area contributed by atoms with Gasteiger partial charge in [0.05, 0.1) is 17.4 Å². The summed E-state index contributed by atoms with van der Waals surface area (Å²) in [6.07, 6.45) is 3.22. The number of carbonyl (C=O) groups excluding carboxylic acids is 1. The van der Waals surface area contributed by atoms with Gasteiger partial charge in [0, 0.05) is 22.6 Å². The van der Waals surface area contributed by atoms with E-state index in [2.05, 4.69) is 15.6 Å². The van der Waals surface area contributed by atoms with Gasteiger partial charge < -0.3 is 10.6 Å². The third-order valence-corrected chi connectivity index (χ3v) is 4.26. The number of benzene rings is 2. The Kier molecular flexibility index (Phi) is 5.00. The van der Waals surface area contributed by atoms with E-state index in [-0.39, 0.29) is 5.91 Å². The van der Waals surface area contributed by atoms with Crippen LogP contribution in [0, 0.1) is 13.8 Å². The molecule has 2 aromatic carbocycles. The van der Waals surface area contributed by atoms with Gasteiger partial charge in [-0.15, -0.1) is 0 Å². The van der Waals surface area contributed by atoms with Crippen LogP contribution in [0.5, 0.6) is 0 Å². The predicted molar refractivity (Wildman–Crippen MR) is 103 cm³/mol. The fourth-order valence-corrected chi connectivity index (χ4v) is 2.56. The lowest BCUT2D eigenvalue weighted by molar-refractivity contribution is 0.102. The topological polar surface area (TPSA) is 54.0 Å². The molecule has 0 radical (unpaired) electrons. The Labute approximate surface area is 151 Å². The summed E-state index contributed by atoms with van der Waals surface area (Å²) in [4.78, 5) is 16.6. The second-order valence-corrected chi connectivity index (χ2v) is 6.23. The van der Waals surface area contributed by atoms with Crippen LogP contribution in [0.2, 0.25) is 5.02 Å². The number of rotatable bonds is 4. The first kappa shape index (κ1) is 17.0. The molecule has 0 saturated carbocycles. The lowest BCUT2D eigenvalue weighted by Crippen LogP contribution is -2.12. The van der Waals surface area contributed by atoms with Crippen molar-refractivity contribution in [1.82, 2.24) is 4.98 Å². The number of amides is 1. The minimum Gasteiger partial charge on any atom is -0.354 e. The van der Waals surface area contributed by atoms with Crippen LogP contribution in [-0.4, -0.2) is 10.9 Å². The molecular weight excluding hydrogens is 334 g/mol. The molecule has 3 rings (SSSR count). The number of para-hydroxylation sites is 1. The molecule has 5 heteroatoms. The highest BCUT2D eigenvalue weighted by molar-refractivity contribution is 6.31. The number of carbonyl (C=O) groups is 1. The van der Waals surface area contributed by atoms with Gasteiger partial charge in [0.1, 0.15) is 0 Å². The molecule has 0 unspecified atom stereocenters. The van der Waals surface area contributed by atoms with E-state index < -0.39 is 0 Å². The van der Waals surface area contributed by atoms with Crippen LogP contribution in [0.4, 0.5) is 17.1 Å². The van der Waals surface area contributed by atoms with Gasteiger partial charge in [0.2, 0.25) is 0 Å². The molecule has 2 N–H and O–H groups in total. The lowest BCUT2D eigenvalue weighted by atomic mass is 10.2. The van der Waals surface area contributed by atoms with Crippen molar-refractivity contribution in [3.8, 4) is 0 Å². The van der Waals surface area contributed by atoms with Crippen LogP contribution in [0.25, 0.3) is 0 Å². The maximum Gasteiger partial charge on any atom is 0.257 e. The van der Waals surface area contributed by atoms with E-state index in [1.165, 1.54) is 6.20 Å². The number of halogens is 1. The maximum atomic E-state index is 12.5. The molecule has 3 aromatic rings. The van der Waals surface area contributed by atoms with Gasteiger partial charge in [-0.2, -0.15) is 0 Å². The number of nitrogens with zero attached hydrogens (tertiary/aromatic N) is 1. The summed E-state index contributed by atoms with van der Waals surface area (Å²) in [5.74, 6) is -0.235. The number of hydrogen-bond acceptors (Lipinski definition) is 3. The average Bonchev–Trinajstić information content (AvgIpc) is 2.60. The fraction of sp³-hybridized carbons (Fsp3) is 0.100. The summed E-state index contributed by atoms with van der Waals surface area (Å²) in [5, 5.41) is 6.74. The van der Waals surface area contributed by atoms with Crippen molar-refractivity contribution in [2.45, 2.75) is 13.8 Å². The van der Waals surface area contributed by atoms with Crippen molar-refractivity contribution in [1.29, 1.82) is 0 Å². The Morgan fingerprint density at radius 1 is 0.960 bits per heavy atom. The highest BCUT2D eigenvalue weighted by Gasteiger charge is 2.09. The van der Waals surface area contributed by atoms with Crippen LogP contribution < -0.4 is 10.6 Å². The first-order chi connectivity index (χ1) is 12.0. The number of hydrogen-bond donors (Lipinski definition) is 2. The molecule has 0 fully saturated rings. The van der Waals surface area contributed by atoms with Gasteiger partial charge in [-0.3, -0.25) is 9.78 Å². The third-order valence-electron chi connectivity index (χ3n) is 3.85. The summed E-state index contributed by atoms with van der Waals surface area (Å²) in [7, 11) is 0. The number of pyridine rings is 1. The van der Waals surface area contributed by atoms with Crippen molar-refractivity contribution >= 4 is 34.6 Å². The summed E-state index contributed by atoms with van der Waals surface area (Å²) >= 11 is 6.10. The van der Waals surface area contributed by atoms with Gasteiger partial charge in [0.25, 0.3) is 5.91 Å². The monoisotopic (exact) mass is 351 g/mol. The predicted octanol–water partition coefficient (Wildman–Crippen LogP) is 5.35. The Morgan fingerprint density at radius 2 is 1.76 bits per heavy atom. The second kappa shape index (κ2) is 7.36. The number of aryl methyl sites for hydroxylation is 2. The smallest absolute Gasteiger partial charge is 0.257 e. The standard InChI is InChI=1S/C20H18ClN3O/c1-13-7-8-16(10-18(13)21)24-20(25)15-9-17(12-22-11-15)23-19-6-4-3-5-14(19)2/h3-12,23H,1-2H3,(H,24,25). The first-order valence-electron chi connectivity index (χ1n) is 7.88. The molecule has 1 aromatic heterocycles. The second-order valence-electron chi connectivity index (χ2n) is 5.82. The molecule has 4 nitrogen and oxygen atoms in total. The van der Waals surface area contributed by atoms with E-state index in [0.29, 0.717) is 16.3 Å². The third kappa shape index (κ3) is 4.17. The highest BCUT2D eigenvalue weighted by Crippen LogP contribution is 2.22. The van der Waals surface area contributed by atoms with Gasteiger partial charge in [-0.05, 0) is 49.2 Å². The Bertz CT molecular complexity index is 924. The number of anilines is 3. The molecule has 0 aliphatic heterocycles. The molecule has 0 atom stereocenters. The number of nitrogens with one attached hydrogen (secondary N) is 2. The molecule has 0 bridgehead atoms. The van der Waals surface area contributed by atoms with Crippen molar-refractivity contribution in [2.75, 3.05) is 10.6 Å². The molecule has 25 heavy (non-hydrogen) atoms. The lowest BCUT2D eigenvalue weighted by Gasteiger charge is -2.11. The molecule has 0 spiro atoms. The molecule has 0 aliphatic rings. The Hall–Kier alpha value is -2.85. The minimum atomic E-state index is -0.235. The van der Waals surface area contributed by atoms with Gasteiger partial charge in [-0.25, -0.2) is 0 Å². The van der Waals surface area contributed by atoms with Gasteiger partial charge in [-0.1, -0.05) is 35.9 Å². The average molecular weight is 352 g/mol. The maximum absolute atomic E-state index is 12.5. The quantitative estimate of drug-likeness (QED) is 0.666. The van der Waals surface area contributed by atoms with Crippen LogP contribution in [-0.2, 0) is 0 Å². The normalized spacial score (nSPS) is 10.4. The van der Waals surface area contributed by atoms with E-state index in [0.717, 1.165) is 22.5 Å². The van der Waals surface area contributed by atoms with Crippen LogP contribution in [0.15, 0.2) is 60.9 Å². The molecular formula is C20H18ClN3O. The first-order valence-corrected chi connectivity index (χ1v) is 8.26. The zero-order chi connectivity index (χ0) is 17.8. The number of aromatic nitrogens is 1. The summed E-state index contributed by atoms with van der Waals surface area (Å²) in [6, 6.07) is 15.1. The molecule has 0 saturated heterocycles.